The highest BCUT2D eigenvalue weighted by atomic mass is 19.1. The fourth-order valence-electron chi connectivity index (χ4n) is 2.55. The SMILES string of the molecule is COc1cccc(C2CN(C(=O)Nc3ccncc3F)CCO2)c1. The van der Waals surface area contributed by atoms with Crippen LogP contribution < -0.4 is 10.1 Å². The van der Waals surface area contributed by atoms with Crippen LogP contribution in [0.2, 0.25) is 0 Å². The Kier molecular flexibility index (Phi) is 4.90. The number of aromatic nitrogens is 1. The number of benzene rings is 1. The normalized spacial score (nSPS) is 17.4. The second kappa shape index (κ2) is 7.27. The summed E-state index contributed by atoms with van der Waals surface area (Å²) in [6.45, 7) is 1.23. The molecular formula is C17H18FN3O3. The van der Waals surface area contributed by atoms with Crippen molar-refractivity contribution in [2.45, 2.75) is 6.10 Å². The van der Waals surface area contributed by atoms with E-state index >= 15 is 0 Å². The maximum atomic E-state index is 13.6. The maximum Gasteiger partial charge on any atom is 0.322 e. The van der Waals surface area contributed by atoms with Crippen LogP contribution in [0.4, 0.5) is 14.9 Å². The van der Waals surface area contributed by atoms with Gasteiger partial charge >= 0.3 is 6.03 Å². The van der Waals surface area contributed by atoms with Crippen LogP contribution >= 0.6 is 0 Å². The van der Waals surface area contributed by atoms with E-state index in [0.717, 1.165) is 17.5 Å². The van der Waals surface area contributed by atoms with Crippen molar-refractivity contribution in [1.82, 2.24) is 9.88 Å². The summed E-state index contributed by atoms with van der Waals surface area (Å²) in [4.78, 5) is 17.6. The highest BCUT2D eigenvalue weighted by molar-refractivity contribution is 5.89. The quantitative estimate of drug-likeness (QED) is 0.939. The summed E-state index contributed by atoms with van der Waals surface area (Å²) in [7, 11) is 1.60. The number of nitrogens with zero attached hydrogens (tertiary/aromatic N) is 2. The highest BCUT2D eigenvalue weighted by Gasteiger charge is 2.26. The number of amides is 2. The Morgan fingerprint density at radius 2 is 2.33 bits per heavy atom. The van der Waals surface area contributed by atoms with Crippen LogP contribution in [-0.2, 0) is 4.74 Å². The number of hydrogen-bond donors (Lipinski definition) is 1. The van der Waals surface area contributed by atoms with Crippen molar-refractivity contribution in [3.8, 4) is 5.75 Å². The zero-order chi connectivity index (χ0) is 16.9. The van der Waals surface area contributed by atoms with E-state index in [4.69, 9.17) is 9.47 Å². The fourth-order valence-corrected chi connectivity index (χ4v) is 2.55. The predicted octanol–water partition coefficient (Wildman–Crippen LogP) is 2.83. The van der Waals surface area contributed by atoms with Gasteiger partial charge < -0.3 is 19.7 Å². The number of nitrogens with one attached hydrogen (secondary N) is 1. The van der Waals surface area contributed by atoms with Crippen LogP contribution in [0, 0.1) is 5.82 Å². The summed E-state index contributed by atoms with van der Waals surface area (Å²) in [6.07, 6.45) is 2.24. The molecule has 0 spiro atoms. The van der Waals surface area contributed by atoms with E-state index in [-0.39, 0.29) is 17.8 Å². The van der Waals surface area contributed by atoms with Crippen molar-refractivity contribution in [2.24, 2.45) is 0 Å². The van der Waals surface area contributed by atoms with Crippen molar-refractivity contribution < 1.29 is 18.7 Å². The van der Waals surface area contributed by atoms with Crippen molar-refractivity contribution in [1.29, 1.82) is 0 Å². The number of urea groups is 1. The van der Waals surface area contributed by atoms with Gasteiger partial charge in [-0.3, -0.25) is 4.98 Å². The molecular weight excluding hydrogens is 313 g/mol. The van der Waals surface area contributed by atoms with E-state index in [1.807, 2.05) is 24.3 Å². The van der Waals surface area contributed by atoms with Crippen LogP contribution in [0.1, 0.15) is 11.7 Å². The van der Waals surface area contributed by atoms with Crippen molar-refractivity contribution >= 4 is 11.7 Å². The van der Waals surface area contributed by atoms with Gasteiger partial charge in [0.05, 0.1) is 32.1 Å². The van der Waals surface area contributed by atoms with Gasteiger partial charge in [0.1, 0.15) is 11.9 Å². The van der Waals surface area contributed by atoms with Crippen LogP contribution in [0.3, 0.4) is 0 Å². The van der Waals surface area contributed by atoms with Gasteiger partial charge in [-0.15, -0.1) is 0 Å². The Bertz CT molecular complexity index is 726. The fraction of sp³-hybridized carbons (Fsp3) is 0.294. The predicted molar refractivity (Wildman–Crippen MR) is 86.5 cm³/mol. The second-order valence-electron chi connectivity index (χ2n) is 5.37. The van der Waals surface area contributed by atoms with Crippen LogP contribution in [0.5, 0.6) is 5.75 Å². The number of pyridine rings is 1. The lowest BCUT2D eigenvalue weighted by Gasteiger charge is -2.33. The number of rotatable bonds is 3. The van der Waals surface area contributed by atoms with Gasteiger partial charge in [0, 0.05) is 12.7 Å². The molecule has 3 rings (SSSR count). The van der Waals surface area contributed by atoms with E-state index < -0.39 is 5.82 Å². The Morgan fingerprint density at radius 1 is 1.46 bits per heavy atom. The molecule has 0 radical (unpaired) electrons. The molecule has 2 heterocycles. The largest absolute Gasteiger partial charge is 0.497 e. The molecule has 1 aromatic carbocycles. The zero-order valence-corrected chi connectivity index (χ0v) is 13.2. The Hall–Kier alpha value is -2.67. The first-order valence-electron chi connectivity index (χ1n) is 7.58. The minimum atomic E-state index is -0.566. The van der Waals surface area contributed by atoms with E-state index in [2.05, 4.69) is 10.3 Å². The molecule has 1 atom stereocenters. The topological polar surface area (TPSA) is 63.7 Å². The average Bonchev–Trinajstić information content (AvgIpc) is 2.64. The van der Waals surface area contributed by atoms with Gasteiger partial charge in [0.2, 0.25) is 0 Å². The molecule has 2 aromatic rings. The molecule has 7 heteroatoms. The Morgan fingerprint density at radius 3 is 3.12 bits per heavy atom. The van der Waals surface area contributed by atoms with Gasteiger partial charge in [-0.25, -0.2) is 9.18 Å². The lowest BCUT2D eigenvalue weighted by molar-refractivity contribution is -0.0135. The molecule has 0 saturated carbocycles. The van der Waals surface area contributed by atoms with Gasteiger partial charge in [0.15, 0.2) is 5.82 Å². The molecule has 2 amide bonds. The number of anilines is 1. The van der Waals surface area contributed by atoms with Gasteiger partial charge in [-0.05, 0) is 23.8 Å². The van der Waals surface area contributed by atoms with E-state index in [1.54, 1.807) is 12.0 Å². The molecule has 126 valence electrons. The second-order valence-corrected chi connectivity index (χ2v) is 5.37. The van der Waals surface area contributed by atoms with Crippen molar-refractivity contribution in [3.63, 3.8) is 0 Å². The average molecular weight is 331 g/mol. The van der Waals surface area contributed by atoms with Crippen LogP contribution in [-0.4, -0.2) is 42.7 Å². The Labute approximate surface area is 139 Å². The summed E-state index contributed by atoms with van der Waals surface area (Å²) in [5, 5.41) is 2.57. The molecule has 1 fully saturated rings. The molecule has 1 saturated heterocycles. The number of carbonyl (C=O) groups excluding carboxylic acids is 1. The maximum absolute atomic E-state index is 13.6. The number of ether oxygens (including phenoxy) is 2. The number of morpholine rings is 1. The monoisotopic (exact) mass is 331 g/mol. The van der Waals surface area contributed by atoms with Crippen LogP contribution in [0.15, 0.2) is 42.7 Å². The number of carbonyl (C=O) groups is 1. The highest BCUT2D eigenvalue weighted by Crippen LogP contribution is 2.25. The van der Waals surface area contributed by atoms with Gasteiger partial charge in [-0.2, -0.15) is 0 Å². The summed E-state index contributed by atoms with van der Waals surface area (Å²) < 4.78 is 24.6. The van der Waals surface area contributed by atoms with Crippen molar-refractivity contribution in [3.05, 3.63) is 54.1 Å². The third-order valence-corrected chi connectivity index (χ3v) is 3.83. The molecule has 0 aliphatic carbocycles. The van der Waals surface area contributed by atoms with Crippen molar-refractivity contribution in [2.75, 3.05) is 32.1 Å². The molecule has 6 nitrogen and oxygen atoms in total. The molecule has 0 bridgehead atoms. The standard InChI is InChI=1S/C17H18FN3O3/c1-23-13-4-2-3-12(9-13)16-11-21(7-8-24-16)17(22)20-15-5-6-19-10-14(15)18/h2-6,9-10,16H,7-8,11H2,1H3,(H,19,20,22). The Balaban J connectivity index is 1.68. The minimum absolute atomic E-state index is 0.111. The number of hydrogen-bond acceptors (Lipinski definition) is 4. The molecule has 1 aliphatic heterocycles. The van der Waals surface area contributed by atoms with Crippen LogP contribution in [0.25, 0.3) is 0 Å². The molecule has 1 unspecified atom stereocenters. The molecule has 1 aromatic heterocycles. The summed E-state index contributed by atoms with van der Waals surface area (Å²) in [6, 6.07) is 8.60. The summed E-state index contributed by atoms with van der Waals surface area (Å²) in [5.41, 5.74) is 1.04. The first-order chi connectivity index (χ1) is 11.7. The third-order valence-electron chi connectivity index (χ3n) is 3.83. The van der Waals surface area contributed by atoms with Gasteiger partial charge in [-0.1, -0.05) is 12.1 Å². The smallest absolute Gasteiger partial charge is 0.322 e. The minimum Gasteiger partial charge on any atom is -0.497 e. The molecule has 1 aliphatic rings. The van der Waals surface area contributed by atoms with E-state index in [9.17, 15) is 9.18 Å². The van der Waals surface area contributed by atoms with E-state index in [1.165, 1.54) is 12.3 Å². The third kappa shape index (κ3) is 3.62. The lowest BCUT2D eigenvalue weighted by Crippen LogP contribution is -2.44. The number of methoxy groups -OCH3 is 1. The molecule has 24 heavy (non-hydrogen) atoms. The van der Waals surface area contributed by atoms with E-state index in [0.29, 0.717) is 19.7 Å². The van der Waals surface area contributed by atoms with Gasteiger partial charge in [0.25, 0.3) is 0 Å². The molecule has 1 N–H and O–H groups in total. The zero-order valence-electron chi connectivity index (χ0n) is 13.2. The summed E-state index contributed by atoms with van der Waals surface area (Å²) >= 11 is 0. The summed E-state index contributed by atoms with van der Waals surface area (Å²) in [5.74, 6) is 0.167. The first-order valence-corrected chi connectivity index (χ1v) is 7.58. The lowest BCUT2D eigenvalue weighted by atomic mass is 10.1. The number of halogens is 1. The first kappa shape index (κ1) is 16.2.